The molecule has 0 saturated heterocycles. The van der Waals surface area contributed by atoms with Crippen molar-refractivity contribution in [2.45, 2.75) is 105 Å². The average Bonchev–Trinajstić information content (AvgIpc) is 2.51. The van der Waals surface area contributed by atoms with Gasteiger partial charge in [0.1, 0.15) is 0 Å². The number of rotatable bonds is 13. The molecule has 5 nitrogen and oxygen atoms in total. The second kappa shape index (κ2) is 17.6. The van der Waals surface area contributed by atoms with Crippen LogP contribution in [0.1, 0.15) is 74.1 Å². The van der Waals surface area contributed by atoms with Crippen LogP contribution in [-0.2, 0) is 14.2 Å². The summed E-state index contributed by atoms with van der Waals surface area (Å²) in [4.78, 5) is 0. The Morgan fingerprint density at radius 3 is 1.54 bits per heavy atom. The average molecular weight is 351 g/mol. The van der Waals surface area contributed by atoms with Crippen molar-refractivity contribution in [3.05, 3.63) is 0 Å². The molecule has 0 aliphatic rings. The predicted molar refractivity (Wildman–Crippen MR) is 99.4 cm³/mol. The monoisotopic (exact) mass is 350 g/mol. The van der Waals surface area contributed by atoms with Crippen LogP contribution >= 0.6 is 0 Å². The van der Waals surface area contributed by atoms with Crippen LogP contribution in [0.15, 0.2) is 0 Å². The normalized spacial score (nSPS) is 17.4. The van der Waals surface area contributed by atoms with Gasteiger partial charge in [-0.3, -0.25) is 0 Å². The highest BCUT2D eigenvalue weighted by Crippen LogP contribution is 2.08. The van der Waals surface area contributed by atoms with Crippen LogP contribution in [0.3, 0.4) is 0 Å². The van der Waals surface area contributed by atoms with Gasteiger partial charge in [-0.15, -0.1) is 0 Å². The third kappa shape index (κ3) is 19.8. The molecule has 0 rings (SSSR count). The summed E-state index contributed by atoms with van der Waals surface area (Å²) in [6.45, 7) is 14.8. The molecule has 0 aliphatic heterocycles. The lowest BCUT2D eigenvalue weighted by Crippen LogP contribution is -2.24. The van der Waals surface area contributed by atoms with Gasteiger partial charge in [-0.25, -0.2) is 0 Å². The van der Waals surface area contributed by atoms with Crippen LogP contribution in [0.4, 0.5) is 0 Å². The fraction of sp³-hybridized carbons (Fsp3) is 1.00. The van der Waals surface area contributed by atoms with Gasteiger partial charge < -0.3 is 24.4 Å². The van der Waals surface area contributed by atoms with Gasteiger partial charge in [0.15, 0.2) is 0 Å². The van der Waals surface area contributed by atoms with E-state index in [2.05, 4.69) is 27.7 Å². The van der Waals surface area contributed by atoms with E-state index in [9.17, 15) is 0 Å². The first-order valence-electron chi connectivity index (χ1n) is 9.44. The molecule has 5 atom stereocenters. The SMILES string of the molecule is CC(O)COC(C)COC(C)CO.CCCC(C)OC(C)CCC. The van der Waals surface area contributed by atoms with Gasteiger partial charge in [-0.2, -0.15) is 0 Å². The van der Waals surface area contributed by atoms with Gasteiger partial charge >= 0.3 is 0 Å². The van der Waals surface area contributed by atoms with E-state index in [1.54, 1.807) is 13.8 Å². The lowest BCUT2D eigenvalue weighted by molar-refractivity contribution is -0.0620. The number of aliphatic hydroxyl groups excluding tert-OH is 2. The molecule has 0 aromatic rings. The second-order valence-electron chi connectivity index (χ2n) is 6.65. The lowest BCUT2D eigenvalue weighted by atomic mass is 10.2. The van der Waals surface area contributed by atoms with Crippen LogP contribution in [0, 0.1) is 0 Å². The zero-order chi connectivity index (χ0) is 19.0. The third-order valence-electron chi connectivity index (χ3n) is 3.35. The molecule has 0 radical (unpaired) electrons. The molecule has 0 heterocycles. The highest BCUT2D eigenvalue weighted by atomic mass is 16.5. The molecule has 5 unspecified atom stereocenters. The Hall–Kier alpha value is -0.200. The van der Waals surface area contributed by atoms with Crippen molar-refractivity contribution in [1.82, 2.24) is 0 Å². The quantitative estimate of drug-likeness (QED) is 0.532. The second-order valence-corrected chi connectivity index (χ2v) is 6.65. The maximum Gasteiger partial charge on any atom is 0.0781 e. The Morgan fingerprint density at radius 2 is 1.17 bits per heavy atom. The van der Waals surface area contributed by atoms with Gasteiger partial charge in [0, 0.05) is 0 Å². The Bertz CT molecular complexity index is 238. The number of hydrogen-bond acceptors (Lipinski definition) is 5. The fourth-order valence-electron chi connectivity index (χ4n) is 2.05. The zero-order valence-corrected chi connectivity index (χ0v) is 17.0. The molecule has 0 saturated carbocycles. The van der Waals surface area contributed by atoms with Crippen molar-refractivity contribution < 1.29 is 24.4 Å². The lowest BCUT2D eigenvalue weighted by Gasteiger charge is -2.17. The van der Waals surface area contributed by atoms with Crippen LogP contribution in [-0.4, -0.2) is 60.6 Å². The zero-order valence-electron chi connectivity index (χ0n) is 17.0. The maximum atomic E-state index is 8.92. The molecule has 0 fully saturated rings. The number of aliphatic hydroxyl groups is 2. The van der Waals surface area contributed by atoms with Crippen molar-refractivity contribution in [1.29, 1.82) is 0 Å². The Morgan fingerprint density at radius 1 is 0.708 bits per heavy atom. The molecular weight excluding hydrogens is 308 g/mol. The molecule has 0 aromatic heterocycles. The summed E-state index contributed by atoms with van der Waals surface area (Å²) in [5, 5.41) is 17.6. The molecule has 0 bridgehead atoms. The van der Waals surface area contributed by atoms with Crippen LogP contribution in [0.2, 0.25) is 0 Å². The van der Waals surface area contributed by atoms with Crippen molar-refractivity contribution in [3.63, 3.8) is 0 Å². The molecule has 0 spiro atoms. The summed E-state index contributed by atoms with van der Waals surface area (Å²) in [6, 6.07) is 0. The van der Waals surface area contributed by atoms with Crippen molar-refractivity contribution in [2.24, 2.45) is 0 Å². The minimum atomic E-state index is -0.447. The van der Waals surface area contributed by atoms with E-state index >= 15 is 0 Å². The minimum absolute atomic E-state index is 0.0170. The highest BCUT2D eigenvalue weighted by Gasteiger charge is 2.07. The van der Waals surface area contributed by atoms with Crippen molar-refractivity contribution in [2.75, 3.05) is 19.8 Å². The van der Waals surface area contributed by atoms with E-state index in [0.29, 0.717) is 25.4 Å². The largest absolute Gasteiger partial charge is 0.394 e. The van der Waals surface area contributed by atoms with Gasteiger partial charge in [0.2, 0.25) is 0 Å². The Balaban J connectivity index is 0. The molecule has 5 heteroatoms. The molecule has 148 valence electrons. The highest BCUT2D eigenvalue weighted by molar-refractivity contribution is 4.54. The summed E-state index contributed by atoms with van der Waals surface area (Å²) in [7, 11) is 0. The van der Waals surface area contributed by atoms with E-state index < -0.39 is 6.10 Å². The Kier molecular flexibility index (Phi) is 19.1. The van der Waals surface area contributed by atoms with Crippen LogP contribution in [0.5, 0.6) is 0 Å². The summed E-state index contributed by atoms with van der Waals surface area (Å²) in [5.41, 5.74) is 0. The van der Waals surface area contributed by atoms with Crippen LogP contribution in [0.25, 0.3) is 0 Å². The van der Waals surface area contributed by atoms with E-state index in [1.165, 1.54) is 25.7 Å². The maximum absolute atomic E-state index is 8.92. The first-order chi connectivity index (χ1) is 11.3. The predicted octanol–water partition coefficient (Wildman–Crippen LogP) is 3.55. The van der Waals surface area contributed by atoms with E-state index in [1.807, 2.05) is 6.92 Å². The van der Waals surface area contributed by atoms with E-state index in [4.69, 9.17) is 24.4 Å². The van der Waals surface area contributed by atoms with Gasteiger partial charge in [0.25, 0.3) is 0 Å². The van der Waals surface area contributed by atoms with E-state index in [0.717, 1.165) is 0 Å². The van der Waals surface area contributed by atoms with Gasteiger partial charge in [-0.1, -0.05) is 26.7 Å². The standard InChI is InChI=1S/C10H22O.C9H20O4/c1-5-7-9(3)11-10(4)8-6-2;1-7(11)5-12-9(3)6-13-8(2)4-10/h9-10H,5-8H2,1-4H3;7-11H,4-6H2,1-3H3. The Labute approximate surface area is 149 Å². The third-order valence-corrected chi connectivity index (χ3v) is 3.35. The molecular formula is C19H42O5. The first-order valence-corrected chi connectivity index (χ1v) is 9.44. The molecule has 24 heavy (non-hydrogen) atoms. The van der Waals surface area contributed by atoms with Crippen molar-refractivity contribution in [3.8, 4) is 0 Å². The topological polar surface area (TPSA) is 68.2 Å². The smallest absolute Gasteiger partial charge is 0.0781 e. The molecule has 0 amide bonds. The summed E-state index contributed by atoms with van der Waals surface area (Å²) >= 11 is 0. The number of hydrogen-bond donors (Lipinski definition) is 2. The van der Waals surface area contributed by atoms with Crippen LogP contribution < -0.4 is 0 Å². The van der Waals surface area contributed by atoms with Gasteiger partial charge in [-0.05, 0) is 47.5 Å². The van der Waals surface area contributed by atoms with E-state index in [-0.39, 0.29) is 18.8 Å². The summed E-state index contributed by atoms with van der Waals surface area (Å²) in [5.74, 6) is 0. The van der Waals surface area contributed by atoms with Crippen molar-refractivity contribution >= 4 is 0 Å². The molecule has 2 N–H and O–H groups in total. The number of ether oxygens (including phenoxy) is 3. The molecule has 0 aliphatic carbocycles. The summed E-state index contributed by atoms with van der Waals surface area (Å²) < 4.78 is 16.2. The summed E-state index contributed by atoms with van der Waals surface area (Å²) in [6.07, 6.45) is 5.06. The molecule has 0 aromatic carbocycles. The van der Waals surface area contributed by atoms with Gasteiger partial charge in [0.05, 0.1) is 50.3 Å². The fourth-order valence-corrected chi connectivity index (χ4v) is 2.05. The minimum Gasteiger partial charge on any atom is -0.394 e. The first kappa shape index (κ1) is 26.0.